The molecule has 1 aromatic heterocycles. The van der Waals surface area contributed by atoms with E-state index in [9.17, 15) is 9.18 Å². The third-order valence-electron chi connectivity index (χ3n) is 4.54. The summed E-state index contributed by atoms with van der Waals surface area (Å²) < 4.78 is 20.5. The zero-order chi connectivity index (χ0) is 20.4. The molecule has 0 radical (unpaired) electrons. The van der Waals surface area contributed by atoms with E-state index in [0.717, 1.165) is 17.1 Å². The highest BCUT2D eigenvalue weighted by molar-refractivity contribution is 6.31. The van der Waals surface area contributed by atoms with Crippen molar-refractivity contribution in [1.82, 2.24) is 14.7 Å². The molecule has 0 fully saturated rings. The lowest BCUT2D eigenvalue weighted by atomic mass is 10.1. The van der Waals surface area contributed by atoms with Gasteiger partial charge in [-0.3, -0.25) is 4.79 Å². The summed E-state index contributed by atoms with van der Waals surface area (Å²) in [6, 6.07) is 11.8. The van der Waals surface area contributed by atoms with Gasteiger partial charge in [0.1, 0.15) is 0 Å². The molecule has 1 amide bonds. The van der Waals surface area contributed by atoms with Gasteiger partial charge in [-0.15, -0.1) is 0 Å². The fraction of sp³-hybridized carbons (Fsp3) is 0.238. The minimum Gasteiger partial charge on any atom is -0.494 e. The maximum atomic E-state index is 13.8. The molecule has 5 nitrogen and oxygen atoms in total. The number of hydrogen-bond acceptors (Lipinski definition) is 3. The van der Waals surface area contributed by atoms with Crippen molar-refractivity contribution in [3.8, 4) is 11.4 Å². The maximum Gasteiger partial charge on any atom is 0.253 e. The highest BCUT2D eigenvalue weighted by Crippen LogP contribution is 2.23. The first-order valence-corrected chi connectivity index (χ1v) is 9.09. The molecule has 3 rings (SSSR count). The molecule has 0 aliphatic heterocycles. The van der Waals surface area contributed by atoms with Crippen molar-refractivity contribution >= 4 is 17.5 Å². The van der Waals surface area contributed by atoms with Crippen LogP contribution in [0.1, 0.15) is 27.3 Å². The smallest absolute Gasteiger partial charge is 0.253 e. The van der Waals surface area contributed by atoms with Gasteiger partial charge in [0, 0.05) is 19.2 Å². The molecule has 0 saturated heterocycles. The van der Waals surface area contributed by atoms with E-state index < -0.39 is 5.82 Å². The van der Waals surface area contributed by atoms with Crippen LogP contribution < -0.4 is 4.74 Å². The first kappa shape index (κ1) is 19.9. The summed E-state index contributed by atoms with van der Waals surface area (Å²) in [5.74, 6) is -0.430. The number of halogens is 2. The molecular formula is C21H21ClFN3O2. The van der Waals surface area contributed by atoms with Crippen LogP contribution in [-0.2, 0) is 6.54 Å². The minimum absolute atomic E-state index is 0.158. The van der Waals surface area contributed by atoms with E-state index in [-0.39, 0.29) is 18.2 Å². The van der Waals surface area contributed by atoms with Crippen LogP contribution >= 0.6 is 11.6 Å². The zero-order valence-corrected chi connectivity index (χ0v) is 16.9. The lowest BCUT2D eigenvalue weighted by Crippen LogP contribution is -2.26. The van der Waals surface area contributed by atoms with Gasteiger partial charge in [-0.05, 0) is 55.8 Å². The highest BCUT2D eigenvalue weighted by Gasteiger charge is 2.15. The normalized spacial score (nSPS) is 10.8. The maximum absolute atomic E-state index is 13.8. The van der Waals surface area contributed by atoms with Crippen LogP contribution in [0.15, 0.2) is 42.5 Å². The number of methoxy groups -OCH3 is 1. The Labute approximate surface area is 168 Å². The number of carbonyl (C=O) groups excluding carboxylic acids is 1. The Kier molecular flexibility index (Phi) is 5.70. The average molecular weight is 402 g/mol. The van der Waals surface area contributed by atoms with E-state index in [1.54, 1.807) is 36.0 Å². The van der Waals surface area contributed by atoms with Crippen molar-refractivity contribution in [3.05, 3.63) is 75.8 Å². The van der Waals surface area contributed by atoms with Gasteiger partial charge in [0.15, 0.2) is 11.6 Å². The van der Waals surface area contributed by atoms with Gasteiger partial charge in [-0.2, -0.15) is 5.10 Å². The van der Waals surface area contributed by atoms with Gasteiger partial charge in [0.2, 0.25) is 0 Å². The van der Waals surface area contributed by atoms with Crippen LogP contribution in [0.2, 0.25) is 5.02 Å². The Hall–Kier alpha value is -2.86. The molecule has 0 aliphatic carbocycles. The molecule has 146 valence electrons. The van der Waals surface area contributed by atoms with Gasteiger partial charge in [-0.25, -0.2) is 9.07 Å². The van der Waals surface area contributed by atoms with Crippen molar-refractivity contribution in [3.63, 3.8) is 0 Å². The number of carbonyl (C=O) groups is 1. The van der Waals surface area contributed by atoms with E-state index >= 15 is 0 Å². The first-order chi connectivity index (χ1) is 13.3. The van der Waals surface area contributed by atoms with Crippen LogP contribution in [0.4, 0.5) is 4.39 Å². The van der Waals surface area contributed by atoms with Crippen LogP contribution in [0.3, 0.4) is 0 Å². The summed E-state index contributed by atoms with van der Waals surface area (Å²) in [5, 5.41) is 5.04. The highest BCUT2D eigenvalue weighted by atomic mass is 35.5. The van der Waals surface area contributed by atoms with Crippen molar-refractivity contribution in [2.24, 2.45) is 0 Å². The number of nitrogens with zero attached hydrogens (tertiary/aromatic N) is 3. The third kappa shape index (κ3) is 3.87. The number of benzene rings is 2. The molecule has 3 aromatic rings. The average Bonchev–Trinajstić information content (AvgIpc) is 2.95. The molecule has 1 heterocycles. The Balaban J connectivity index is 1.75. The van der Waals surface area contributed by atoms with Gasteiger partial charge < -0.3 is 9.64 Å². The van der Waals surface area contributed by atoms with Gasteiger partial charge >= 0.3 is 0 Å². The second-order valence-electron chi connectivity index (χ2n) is 6.57. The Bertz CT molecular complexity index is 1020. The first-order valence-electron chi connectivity index (χ1n) is 8.72. The number of rotatable bonds is 5. The molecule has 0 unspecified atom stereocenters. The Morgan fingerprint density at radius 1 is 1.21 bits per heavy atom. The summed E-state index contributed by atoms with van der Waals surface area (Å²) in [6.45, 7) is 4.03. The van der Waals surface area contributed by atoms with Crippen LogP contribution in [-0.4, -0.2) is 34.7 Å². The predicted molar refractivity (Wildman–Crippen MR) is 107 cm³/mol. The number of aryl methyl sites for hydroxylation is 1. The molecule has 7 heteroatoms. The summed E-state index contributed by atoms with van der Waals surface area (Å²) in [4.78, 5) is 14.2. The summed E-state index contributed by atoms with van der Waals surface area (Å²) in [6.07, 6.45) is 0. The van der Waals surface area contributed by atoms with Crippen molar-refractivity contribution in [1.29, 1.82) is 0 Å². The standard InChI is InChI=1S/C21H21ClFN3O2/c1-13-20(22)14(2)26(24-13)17-8-6-16(7-9-17)21(27)25(3)12-15-5-10-19(28-4)18(23)11-15/h5-11H,12H2,1-4H3. The molecule has 0 N–H and O–H groups in total. The SMILES string of the molecule is COc1ccc(CN(C)C(=O)c2ccc(-n3nc(C)c(Cl)c3C)cc2)cc1F. The number of aromatic nitrogens is 2. The molecule has 0 bridgehead atoms. The molecular weight excluding hydrogens is 381 g/mol. The summed E-state index contributed by atoms with van der Waals surface area (Å²) >= 11 is 6.20. The lowest BCUT2D eigenvalue weighted by Gasteiger charge is -2.18. The fourth-order valence-electron chi connectivity index (χ4n) is 2.99. The van der Waals surface area contributed by atoms with Crippen molar-refractivity contribution < 1.29 is 13.9 Å². The van der Waals surface area contributed by atoms with Crippen molar-refractivity contribution in [2.45, 2.75) is 20.4 Å². The van der Waals surface area contributed by atoms with Gasteiger partial charge in [0.05, 0.1) is 29.2 Å². The minimum atomic E-state index is -0.450. The lowest BCUT2D eigenvalue weighted by molar-refractivity contribution is 0.0785. The largest absolute Gasteiger partial charge is 0.494 e. The summed E-state index contributed by atoms with van der Waals surface area (Å²) in [7, 11) is 3.09. The zero-order valence-electron chi connectivity index (χ0n) is 16.2. The molecule has 28 heavy (non-hydrogen) atoms. The van der Waals surface area contributed by atoms with E-state index in [2.05, 4.69) is 5.10 Å². The second-order valence-corrected chi connectivity index (χ2v) is 6.95. The second kappa shape index (κ2) is 8.02. The van der Waals surface area contributed by atoms with E-state index in [0.29, 0.717) is 16.1 Å². The van der Waals surface area contributed by atoms with Gasteiger partial charge in [0.25, 0.3) is 5.91 Å². The number of amides is 1. The van der Waals surface area contributed by atoms with E-state index in [1.165, 1.54) is 18.1 Å². The molecule has 0 saturated carbocycles. The topological polar surface area (TPSA) is 47.4 Å². The number of ether oxygens (including phenoxy) is 1. The molecule has 0 atom stereocenters. The van der Waals surface area contributed by atoms with Crippen molar-refractivity contribution in [2.75, 3.05) is 14.2 Å². The van der Waals surface area contributed by atoms with Gasteiger partial charge in [-0.1, -0.05) is 17.7 Å². The van der Waals surface area contributed by atoms with E-state index in [4.69, 9.17) is 16.3 Å². The van der Waals surface area contributed by atoms with Crippen LogP contribution in [0.25, 0.3) is 5.69 Å². The fourth-order valence-corrected chi connectivity index (χ4v) is 3.11. The Morgan fingerprint density at radius 2 is 1.89 bits per heavy atom. The van der Waals surface area contributed by atoms with Crippen LogP contribution in [0.5, 0.6) is 5.75 Å². The molecule has 0 aliphatic rings. The molecule has 2 aromatic carbocycles. The quantitative estimate of drug-likeness (QED) is 0.629. The Morgan fingerprint density at radius 3 is 2.43 bits per heavy atom. The summed E-state index contributed by atoms with van der Waals surface area (Å²) in [5.41, 5.74) is 3.64. The molecule has 0 spiro atoms. The third-order valence-corrected chi connectivity index (χ3v) is 5.09. The monoisotopic (exact) mass is 401 g/mol. The van der Waals surface area contributed by atoms with E-state index in [1.807, 2.05) is 26.0 Å². The number of hydrogen-bond donors (Lipinski definition) is 0. The predicted octanol–water partition coefficient (Wildman–Crippen LogP) is 4.56. The van der Waals surface area contributed by atoms with Crippen LogP contribution in [0, 0.1) is 19.7 Å².